The Labute approximate surface area is 100 Å². The fraction of sp³-hybridized carbons (Fsp3) is 0.615. The first-order valence-corrected chi connectivity index (χ1v) is 6.31. The molecule has 3 atom stereocenters. The Morgan fingerprint density at radius 1 is 1.29 bits per heavy atom. The van der Waals surface area contributed by atoms with Crippen LogP contribution in [0.3, 0.4) is 0 Å². The number of halogens is 1. The molecule has 0 amide bonds. The van der Waals surface area contributed by atoms with Crippen LogP contribution in [0.2, 0.25) is 0 Å². The zero-order chi connectivity index (χ0) is 11.7. The quantitative estimate of drug-likeness (QED) is 0.873. The largest absolute Gasteiger partial charge is 0.477 e. The van der Waals surface area contributed by atoms with Crippen LogP contribution in [0.15, 0.2) is 18.3 Å². The van der Waals surface area contributed by atoms with Crippen LogP contribution in [-0.4, -0.2) is 23.7 Å². The van der Waals surface area contributed by atoms with Gasteiger partial charge in [0, 0.05) is 24.1 Å². The second-order valence-corrected chi connectivity index (χ2v) is 5.01. The lowest BCUT2D eigenvalue weighted by Crippen LogP contribution is -2.42. The van der Waals surface area contributed by atoms with Gasteiger partial charge in [-0.1, -0.05) is 0 Å². The van der Waals surface area contributed by atoms with Gasteiger partial charge in [-0.05, 0) is 31.7 Å². The fourth-order valence-electron chi connectivity index (χ4n) is 2.91. The highest BCUT2D eigenvalue weighted by Crippen LogP contribution is 2.31. The van der Waals surface area contributed by atoms with Gasteiger partial charge < -0.3 is 10.1 Å². The van der Waals surface area contributed by atoms with Crippen LogP contribution < -0.4 is 10.1 Å². The molecule has 1 N–H and O–H groups in total. The van der Waals surface area contributed by atoms with E-state index in [0.29, 0.717) is 24.4 Å². The van der Waals surface area contributed by atoms with Gasteiger partial charge in [-0.15, -0.1) is 0 Å². The number of hydrogen-bond acceptors (Lipinski definition) is 3. The molecule has 0 saturated carbocycles. The van der Waals surface area contributed by atoms with Crippen LogP contribution in [0.25, 0.3) is 0 Å². The van der Waals surface area contributed by atoms with E-state index in [1.165, 1.54) is 37.9 Å². The maximum atomic E-state index is 12.7. The number of nitrogens with one attached hydrogen (secondary N) is 1. The smallest absolute Gasteiger partial charge is 0.213 e. The molecule has 1 aromatic heterocycles. The number of aromatic nitrogens is 1. The first-order chi connectivity index (χ1) is 8.31. The van der Waals surface area contributed by atoms with Crippen LogP contribution in [0.4, 0.5) is 4.39 Å². The van der Waals surface area contributed by atoms with Gasteiger partial charge in [0.2, 0.25) is 5.88 Å². The molecule has 3 heterocycles. The molecule has 0 radical (unpaired) electrons. The highest BCUT2D eigenvalue weighted by Gasteiger charge is 2.35. The van der Waals surface area contributed by atoms with Crippen molar-refractivity contribution in [3.63, 3.8) is 0 Å². The lowest BCUT2D eigenvalue weighted by Gasteiger charge is -2.29. The normalized spacial score (nSPS) is 31.5. The van der Waals surface area contributed by atoms with Gasteiger partial charge in [0.25, 0.3) is 0 Å². The predicted molar refractivity (Wildman–Crippen MR) is 62.4 cm³/mol. The highest BCUT2D eigenvalue weighted by atomic mass is 19.1. The summed E-state index contributed by atoms with van der Waals surface area (Å²) in [5.74, 6) is 0.766. The van der Waals surface area contributed by atoms with Crippen LogP contribution in [-0.2, 0) is 0 Å². The lowest BCUT2D eigenvalue weighted by atomic mass is 9.93. The minimum Gasteiger partial charge on any atom is -0.477 e. The number of hydrogen-bond donors (Lipinski definition) is 1. The molecule has 4 heteroatoms. The second-order valence-electron chi connectivity index (χ2n) is 5.01. The van der Waals surface area contributed by atoms with Gasteiger partial charge in [0.05, 0.1) is 12.8 Å². The van der Waals surface area contributed by atoms with E-state index < -0.39 is 0 Å². The summed E-state index contributed by atoms with van der Waals surface area (Å²) in [5, 5.41) is 3.63. The summed E-state index contributed by atoms with van der Waals surface area (Å²) in [4.78, 5) is 3.91. The monoisotopic (exact) mass is 236 g/mol. The molecule has 3 rings (SSSR count). The zero-order valence-electron chi connectivity index (χ0n) is 9.73. The fourth-order valence-corrected chi connectivity index (χ4v) is 2.91. The Morgan fingerprint density at radius 2 is 2.18 bits per heavy atom. The number of piperidine rings is 1. The molecule has 3 nitrogen and oxygen atoms in total. The van der Waals surface area contributed by atoms with E-state index in [0.717, 1.165) is 6.04 Å². The van der Waals surface area contributed by atoms with Crippen LogP contribution in [0, 0.1) is 11.7 Å². The van der Waals surface area contributed by atoms with Gasteiger partial charge in [0.15, 0.2) is 0 Å². The van der Waals surface area contributed by atoms with Gasteiger partial charge in [-0.2, -0.15) is 0 Å². The maximum absolute atomic E-state index is 12.7. The third-order valence-corrected chi connectivity index (χ3v) is 3.88. The highest BCUT2D eigenvalue weighted by molar-refractivity contribution is 5.10. The van der Waals surface area contributed by atoms with Crippen LogP contribution >= 0.6 is 0 Å². The summed E-state index contributed by atoms with van der Waals surface area (Å²) in [5.41, 5.74) is 0. The topological polar surface area (TPSA) is 34.1 Å². The Morgan fingerprint density at radius 3 is 3.00 bits per heavy atom. The van der Waals surface area contributed by atoms with Gasteiger partial charge in [-0.3, -0.25) is 0 Å². The number of fused-ring (bicyclic) bond motifs is 2. The summed E-state index contributed by atoms with van der Waals surface area (Å²) >= 11 is 0. The Balaban J connectivity index is 1.55. The van der Waals surface area contributed by atoms with Crippen molar-refractivity contribution in [2.24, 2.45) is 5.92 Å². The molecule has 1 aromatic rings. The van der Waals surface area contributed by atoms with Crippen LogP contribution in [0.1, 0.15) is 25.7 Å². The molecular formula is C13H17FN2O. The van der Waals surface area contributed by atoms with E-state index >= 15 is 0 Å². The van der Waals surface area contributed by atoms with Crippen molar-refractivity contribution in [1.29, 1.82) is 0 Å². The van der Waals surface area contributed by atoms with Gasteiger partial charge >= 0.3 is 0 Å². The SMILES string of the molecule is Fc1ccc(OCC2CCC3CC[C@@H]2N3)nc1. The van der Waals surface area contributed by atoms with Crippen molar-refractivity contribution < 1.29 is 9.13 Å². The number of rotatable bonds is 3. The van der Waals surface area contributed by atoms with Crippen molar-refractivity contribution in [3.05, 3.63) is 24.1 Å². The molecule has 2 aliphatic rings. The maximum Gasteiger partial charge on any atom is 0.213 e. The number of pyridine rings is 1. The molecular weight excluding hydrogens is 219 g/mol. The van der Waals surface area contributed by atoms with Crippen LogP contribution in [0.5, 0.6) is 5.88 Å². The van der Waals surface area contributed by atoms with Gasteiger partial charge in [-0.25, -0.2) is 9.37 Å². The van der Waals surface area contributed by atoms with Crippen molar-refractivity contribution >= 4 is 0 Å². The average molecular weight is 236 g/mol. The van der Waals surface area contributed by atoms with E-state index in [-0.39, 0.29) is 5.82 Å². The summed E-state index contributed by atoms with van der Waals surface area (Å²) in [6.07, 6.45) is 6.23. The molecule has 2 fully saturated rings. The summed E-state index contributed by atoms with van der Waals surface area (Å²) in [7, 11) is 0. The Kier molecular flexibility index (Phi) is 2.97. The zero-order valence-corrected chi connectivity index (χ0v) is 9.73. The first kappa shape index (κ1) is 11.0. The third kappa shape index (κ3) is 2.41. The standard InChI is InChI=1S/C13H17FN2O/c14-10-2-6-13(15-7-10)17-8-9-1-3-11-4-5-12(9)16-11/h2,6-7,9,11-12,16H,1,3-5,8H2/t9?,11?,12-/m0/s1. The lowest BCUT2D eigenvalue weighted by molar-refractivity contribution is 0.177. The Bertz CT molecular complexity index is 382. The van der Waals surface area contributed by atoms with E-state index in [2.05, 4.69) is 10.3 Å². The summed E-state index contributed by atoms with van der Waals surface area (Å²) < 4.78 is 18.3. The molecule has 92 valence electrons. The van der Waals surface area contributed by atoms with E-state index in [1.807, 2.05) is 0 Å². The van der Waals surface area contributed by atoms with Crippen molar-refractivity contribution in [2.75, 3.05) is 6.61 Å². The molecule has 17 heavy (non-hydrogen) atoms. The van der Waals surface area contributed by atoms with Crippen molar-refractivity contribution in [1.82, 2.24) is 10.3 Å². The minimum absolute atomic E-state index is 0.324. The molecule has 2 saturated heterocycles. The summed E-state index contributed by atoms with van der Waals surface area (Å²) in [6, 6.07) is 4.31. The minimum atomic E-state index is -0.324. The predicted octanol–water partition coefficient (Wildman–Crippen LogP) is 2.13. The molecule has 0 aliphatic carbocycles. The van der Waals surface area contributed by atoms with E-state index in [4.69, 9.17) is 4.74 Å². The van der Waals surface area contributed by atoms with Gasteiger partial charge in [0.1, 0.15) is 5.82 Å². The van der Waals surface area contributed by atoms with Crippen molar-refractivity contribution in [3.8, 4) is 5.88 Å². The molecule has 2 bridgehead atoms. The summed E-state index contributed by atoms with van der Waals surface area (Å²) in [6.45, 7) is 0.684. The van der Waals surface area contributed by atoms with Crippen molar-refractivity contribution in [2.45, 2.75) is 37.8 Å². The third-order valence-electron chi connectivity index (χ3n) is 3.88. The average Bonchev–Trinajstić information content (AvgIpc) is 2.73. The Hall–Kier alpha value is -1.16. The molecule has 2 aliphatic heterocycles. The second kappa shape index (κ2) is 4.61. The molecule has 0 aromatic carbocycles. The molecule has 2 unspecified atom stereocenters. The first-order valence-electron chi connectivity index (χ1n) is 6.31. The van der Waals surface area contributed by atoms with E-state index in [1.54, 1.807) is 6.07 Å². The number of nitrogens with zero attached hydrogens (tertiary/aromatic N) is 1. The number of ether oxygens (including phenoxy) is 1. The van der Waals surface area contributed by atoms with E-state index in [9.17, 15) is 4.39 Å². The molecule has 0 spiro atoms.